The molecule has 5 rings (SSSR count). The van der Waals surface area contributed by atoms with Gasteiger partial charge in [0, 0.05) is 21.8 Å². The average Bonchev–Trinajstić information content (AvgIpc) is 2.98. The van der Waals surface area contributed by atoms with E-state index in [1.165, 1.54) is 43.8 Å². The van der Waals surface area contributed by atoms with Gasteiger partial charge in [0.2, 0.25) is 0 Å². The maximum Gasteiger partial charge on any atom is 0.0619 e. The van der Waals surface area contributed by atoms with Crippen LogP contribution in [0.25, 0.3) is 38.3 Å². The zero-order chi connectivity index (χ0) is 16.1. The Balaban J connectivity index is 2.10. The fraction of sp³-hybridized carbons (Fsp3) is 0.0435. The van der Waals surface area contributed by atoms with Crippen molar-refractivity contribution in [3.63, 3.8) is 0 Å². The highest BCUT2D eigenvalue weighted by Gasteiger charge is 2.14. The minimum absolute atomic E-state index is 1.21. The smallest absolute Gasteiger partial charge is 0.0619 e. The summed E-state index contributed by atoms with van der Waals surface area (Å²) in [5.41, 5.74) is 5.08. The van der Waals surface area contributed by atoms with Crippen LogP contribution in [0.2, 0.25) is 0 Å². The summed E-state index contributed by atoms with van der Waals surface area (Å²) >= 11 is 0. The largest absolute Gasteiger partial charge is 0.309 e. The molecule has 1 heterocycles. The zero-order valence-electron chi connectivity index (χ0n) is 13.5. The molecule has 0 N–H and O–H groups in total. The quantitative estimate of drug-likeness (QED) is 0.345. The SMILES string of the molecule is Cc1cccc2c1ccc1c3ccccc3n(-c3ccccc3)c21. The van der Waals surface area contributed by atoms with Crippen molar-refractivity contribution in [3.8, 4) is 5.69 Å². The Kier molecular flexibility index (Phi) is 2.77. The van der Waals surface area contributed by atoms with Crippen LogP contribution in [0.3, 0.4) is 0 Å². The van der Waals surface area contributed by atoms with Crippen molar-refractivity contribution in [3.05, 3.63) is 90.5 Å². The van der Waals surface area contributed by atoms with Crippen molar-refractivity contribution in [1.29, 1.82) is 0 Å². The first kappa shape index (κ1) is 13.4. The van der Waals surface area contributed by atoms with Crippen LogP contribution in [0.1, 0.15) is 5.56 Å². The molecule has 0 saturated heterocycles. The van der Waals surface area contributed by atoms with Crippen molar-refractivity contribution >= 4 is 32.6 Å². The number of aryl methyl sites for hydroxylation is 1. The predicted molar refractivity (Wildman–Crippen MR) is 103 cm³/mol. The molecule has 0 unspecified atom stereocenters. The van der Waals surface area contributed by atoms with Gasteiger partial charge < -0.3 is 4.57 Å². The Labute approximate surface area is 140 Å². The van der Waals surface area contributed by atoms with Gasteiger partial charge in [0.1, 0.15) is 0 Å². The molecule has 4 aromatic carbocycles. The molecule has 24 heavy (non-hydrogen) atoms. The van der Waals surface area contributed by atoms with Crippen LogP contribution in [0.15, 0.2) is 84.9 Å². The second kappa shape index (κ2) is 4.97. The number of fused-ring (bicyclic) bond motifs is 5. The molecule has 1 heteroatoms. The van der Waals surface area contributed by atoms with E-state index in [4.69, 9.17) is 0 Å². The highest BCUT2D eigenvalue weighted by atomic mass is 15.0. The predicted octanol–water partition coefficient (Wildman–Crippen LogP) is 6.25. The molecular weight excluding hydrogens is 290 g/mol. The number of para-hydroxylation sites is 2. The number of hydrogen-bond acceptors (Lipinski definition) is 0. The Morgan fingerprint density at radius 2 is 1.21 bits per heavy atom. The molecule has 0 aliphatic heterocycles. The van der Waals surface area contributed by atoms with Crippen LogP contribution in [-0.4, -0.2) is 4.57 Å². The average molecular weight is 307 g/mol. The lowest BCUT2D eigenvalue weighted by Crippen LogP contribution is -1.94. The second-order valence-electron chi connectivity index (χ2n) is 6.32. The van der Waals surface area contributed by atoms with E-state index in [0.29, 0.717) is 0 Å². The van der Waals surface area contributed by atoms with Gasteiger partial charge in [0.05, 0.1) is 11.0 Å². The van der Waals surface area contributed by atoms with E-state index in [1.54, 1.807) is 0 Å². The summed E-state index contributed by atoms with van der Waals surface area (Å²) in [5.74, 6) is 0. The van der Waals surface area contributed by atoms with Gasteiger partial charge in [-0.3, -0.25) is 0 Å². The van der Waals surface area contributed by atoms with E-state index >= 15 is 0 Å². The molecule has 0 spiro atoms. The van der Waals surface area contributed by atoms with E-state index in [2.05, 4.69) is 96.4 Å². The van der Waals surface area contributed by atoms with Gasteiger partial charge in [-0.2, -0.15) is 0 Å². The first-order valence-electron chi connectivity index (χ1n) is 8.31. The molecule has 0 aliphatic rings. The summed E-state index contributed by atoms with van der Waals surface area (Å²) in [6.45, 7) is 2.18. The van der Waals surface area contributed by atoms with Crippen molar-refractivity contribution in [2.45, 2.75) is 6.92 Å². The molecule has 1 nitrogen and oxygen atoms in total. The summed E-state index contributed by atoms with van der Waals surface area (Å²) < 4.78 is 2.40. The lowest BCUT2D eigenvalue weighted by molar-refractivity contribution is 1.19. The molecule has 0 fully saturated rings. The van der Waals surface area contributed by atoms with Crippen LogP contribution in [0.4, 0.5) is 0 Å². The lowest BCUT2D eigenvalue weighted by atomic mass is 10.0. The van der Waals surface area contributed by atoms with E-state index < -0.39 is 0 Å². The van der Waals surface area contributed by atoms with Gasteiger partial charge >= 0.3 is 0 Å². The fourth-order valence-electron chi connectivity index (χ4n) is 3.82. The Hall–Kier alpha value is -3.06. The number of benzene rings is 4. The molecule has 0 aliphatic carbocycles. The lowest BCUT2D eigenvalue weighted by Gasteiger charge is -2.10. The summed E-state index contributed by atoms with van der Waals surface area (Å²) in [6, 6.07) is 30.4. The normalized spacial score (nSPS) is 11.5. The van der Waals surface area contributed by atoms with Crippen LogP contribution in [0.5, 0.6) is 0 Å². The Bertz CT molecular complexity index is 1200. The van der Waals surface area contributed by atoms with E-state index in [1.807, 2.05) is 0 Å². The fourth-order valence-corrected chi connectivity index (χ4v) is 3.82. The first-order chi connectivity index (χ1) is 11.8. The minimum atomic E-state index is 1.21. The van der Waals surface area contributed by atoms with Crippen molar-refractivity contribution in [1.82, 2.24) is 4.57 Å². The van der Waals surface area contributed by atoms with Crippen LogP contribution in [0, 0.1) is 6.92 Å². The van der Waals surface area contributed by atoms with Crippen molar-refractivity contribution in [2.75, 3.05) is 0 Å². The van der Waals surface area contributed by atoms with Gasteiger partial charge in [-0.05, 0) is 36.1 Å². The summed E-state index contributed by atoms with van der Waals surface area (Å²) in [6.07, 6.45) is 0. The van der Waals surface area contributed by atoms with Gasteiger partial charge in [0.15, 0.2) is 0 Å². The standard InChI is InChI=1S/C23H17N/c1-16-8-7-12-20-18(16)14-15-21-19-11-5-6-13-22(19)24(23(20)21)17-9-3-2-4-10-17/h2-15H,1H3. The third-order valence-corrected chi connectivity index (χ3v) is 4.92. The maximum atomic E-state index is 2.40. The number of aromatic nitrogens is 1. The summed E-state index contributed by atoms with van der Waals surface area (Å²) in [5, 5.41) is 5.25. The van der Waals surface area contributed by atoms with Crippen LogP contribution < -0.4 is 0 Å². The van der Waals surface area contributed by atoms with Gasteiger partial charge in [-0.1, -0.05) is 66.7 Å². The maximum absolute atomic E-state index is 2.40. The van der Waals surface area contributed by atoms with Gasteiger partial charge in [-0.15, -0.1) is 0 Å². The Morgan fingerprint density at radius 3 is 2.08 bits per heavy atom. The second-order valence-corrected chi connectivity index (χ2v) is 6.32. The minimum Gasteiger partial charge on any atom is -0.309 e. The van der Waals surface area contributed by atoms with Crippen LogP contribution >= 0.6 is 0 Å². The number of rotatable bonds is 1. The molecule has 0 radical (unpaired) electrons. The molecule has 5 aromatic rings. The first-order valence-corrected chi connectivity index (χ1v) is 8.31. The van der Waals surface area contributed by atoms with Crippen molar-refractivity contribution in [2.24, 2.45) is 0 Å². The molecular formula is C23H17N. The molecule has 0 atom stereocenters. The highest BCUT2D eigenvalue weighted by molar-refractivity contribution is 6.18. The topological polar surface area (TPSA) is 4.93 Å². The summed E-state index contributed by atoms with van der Waals surface area (Å²) in [4.78, 5) is 0. The van der Waals surface area contributed by atoms with E-state index in [-0.39, 0.29) is 0 Å². The molecule has 1 aromatic heterocycles. The number of nitrogens with zero attached hydrogens (tertiary/aromatic N) is 1. The molecule has 114 valence electrons. The van der Waals surface area contributed by atoms with E-state index in [0.717, 1.165) is 0 Å². The van der Waals surface area contributed by atoms with Crippen LogP contribution in [-0.2, 0) is 0 Å². The highest BCUT2D eigenvalue weighted by Crippen LogP contribution is 2.36. The number of hydrogen-bond donors (Lipinski definition) is 0. The van der Waals surface area contributed by atoms with Gasteiger partial charge in [-0.25, -0.2) is 0 Å². The van der Waals surface area contributed by atoms with Gasteiger partial charge in [0.25, 0.3) is 0 Å². The zero-order valence-corrected chi connectivity index (χ0v) is 13.5. The van der Waals surface area contributed by atoms with Crippen molar-refractivity contribution < 1.29 is 0 Å². The van der Waals surface area contributed by atoms with E-state index in [9.17, 15) is 0 Å². The molecule has 0 saturated carbocycles. The third-order valence-electron chi connectivity index (χ3n) is 4.92. The monoisotopic (exact) mass is 307 g/mol. The summed E-state index contributed by atoms with van der Waals surface area (Å²) in [7, 11) is 0. The molecule has 0 bridgehead atoms. The third kappa shape index (κ3) is 1.75. The molecule has 0 amide bonds. The Morgan fingerprint density at radius 1 is 0.542 bits per heavy atom.